The number of aromatic amines is 1. The second-order valence-corrected chi connectivity index (χ2v) is 6.15. The van der Waals surface area contributed by atoms with E-state index >= 15 is 0 Å². The van der Waals surface area contributed by atoms with Gasteiger partial charge in [-0.3, -0.25) is 4.90 Å². The normalized spacial score (nSPS) is 27.0. The van der Waals surface area contributed by atoms with Crippen LogP contribution in [0.2, 0.25) is 0 Å². The third-order valence-electron chi connectivity index (χ3n) is 4.74. The lowest BCUT2D eigenvalue weighted by molar-refractivity contribution is 0.115. The number of anilines is 2. The van der Waals surface area contributed by atoms with Crippen LogP contribution in [0.5, 0.6) is 0 Å². The summed E-state index contributed by atoms with van der Waals surface area (Å²) in [5.74, 6) is 1.19. The molecule has 0 bridgehead atoms. The molecule has 2 aromatic rings. The van der Waals surface area contributed by atoms with Crippen molar-refractivity contribution in [3.63, 3.8) is 0 Å². The molecular formula is C14H21N7. The number of nitrogens with one attached hydrogen (secondary N) is 1. The molecule has 2 aliphatic rings. The summed E-state index contributed by atoms with van der Waals surface area (Å²) in [6, 6.07) is 1.05. The van der Waals surface area contributed by atoms with Crippen molar-refractivity contribution >= 4 is 22.9 Å². The Labute approximate surface area is 123 Å². The predicted molar refractivity (Wildman–Crippen MR) is 82.1 cm³/mol. The molecule has 2 fully saturated rings. The summed E-state index contributed by atoms with van der Waals surface area (Å²) in [4.78, 5) is 21.0. The number of hydrogen-bond donors (Lipinski definition) is 2. The van der Waals surface area contributed by atoms with Gasteiger partial charge in [0.1, 0.15) is 5.52 Å². The van der Waals surface area contributed by atoms with E-state index in [-0.39, 0.29) is 0 Å². The number of fused-ring (bicyclic) bond motifs is 2. The maximum absolute atomic E-state index is 5.85. The summed E-state index contributed by atoms with van der Waals surface area (Å²) in [6.07, 6.45) is 5.59. The topological polar surface area (TPSA) is 87.0 Å². The van der Waals surface area contributed by atoms with E-state index in [4.69, 9.17) is 5.73 Å². The molecule has 4 heterocycles. The Hall–Kier alpha value is -1.89. The number of piperazine rings is 1. The first-order valence-corrected chi connectivity index (χ1v) is 7.69. The molecule has 0 amide bonds. The van der Waals surface area contributed by atoms with Crippen molar-refractivity contribution in [3.05, 3.63) is 6.33 Å². The minimum absolute atomic E-state index is 0.294. The third kappa shape index (κ3) is 2.12. The highest BCUT2D eigenvalue weighted by atomic mass is 15.3. The van der Waals surface area contributed by atoms with Crippen LogP contribution in [0.4, 0.5) is 11.8 Å². The van der Waals surface area contributed by atoms with Crippen LogP contribution in [-0.4, -0.2) is 56.6 Å². The molecule has 4 rings (SSSR count). The molecule has 7 heteroatoms. The highest BCUT2D eigenvalue weighted by molar-refractivity contribution is 5.84. The summed E-state index contributed by atoms with van der Waals surface area (Å²) >= 11 is 0. The van der Waals surface area contributed by atoms with Crippen LogP contribution in [0.3, 0.4) is 0 Å². The first-order chi connectivity index (χ1) is 10.2. The van der Waals surface area contributed by atoms with E-state index in [9.17, 15) is 0 Å². The van der Waals surface area contributed by atoms with Gasteiger partial charge in [-0.05, 0) is 26.3 Å². The van der Waals surface area contributed by atoms with Crippen molar-refractivity contribution in [2.45, 2.75) is 38.3 Å². The van der Waals surface area contributed by atoms with Crippen molar-refractivity contribution in [2.24, 2.45) is 0 Å². The number of nitrogen functional groups attached to an aromatic ring is 1. The van der Waals surface area contributed by atoms with Crippen molar-refractivity contribution < 1.29 is 0 Å². The molecule has 2 unspecified atom stereocenters. The number of aromatic nitrogens is 4. The van der Waals surface area contributed by atoms with Gasteiger partial charge in [-0.1, -0.05) is 6.42 Å². The Morgan fingerprint density at radius 3 is 3.10 bits per heavy atom. The molecule has 2 aromatic heterocycles. The van der Waals surface area contributed by atoms with Gasteiger partial charge in [0.15, 0.2) is 11.5 Å². The second kappa shape index (κ2) is 4.84. The van der Waals surface area contributed by atoms with Crippen LogP contribution in [0.15, 0.2) is 6.33 Å². The Morgan fingerprint density at radius 1 is 1.29 bits per heavy atom. The smallest absolute Gasteiger partial charge is 0.224 e. The van der Waals surface area contributed by atoms with Gasteiger partial charge in [0, 0.05) is 25.2 Å². The van der Waals surface area contributed by atoms with Crippen LogP contribution >= 0.6 is 0 Å². The third-order valence-corrected chi connectivity index (χ3v) is 4.74. The van der Waals surface area contributed by atoms with E-state index in [0.29, 0.717) is 23.7 Å². The highest BCUT2D eigenvalue weighted by Crippen LogP contribution is 2.30. The highest BCUT2D eigenvalue weighted by Gasteiger charge is 2.34. The minimum Gasteiger partial charge on any atom is -0.368 e. The van der Waals surface area contributed by atoms with Crippen molar-refractivity contribution in [1.82, 2.24) is 24.8 Å². The van der Waals surface area contributed by atoms with Crippen LogP contribution in [0.25, 0.3) is 11.2 Å². The van der Waals surface area contributed by atoms with Gasteiger partial charge in [-0.25, -0.2) is 4.98 Å². The van der Waals surface area contributed by atoms with Gasteiger partial charge in [-0.15, -0.1) is 0 Å². The van der Waals surface area contributed by atoms with E-state index in [0.717, 1.165) is 24.4 Å². The number of nitrogens with two attached hydrogens (primary N) is 1. The van der Waals surface area contributed by atoms with Gasteiger partial charge in [0.25, 0.3) is 0 Å². The molecule has 112 valence electrons. The SMILES string of the molecule is CC1CN2CCCCC2CN1c1nc(N)nc2nc[nH]c12. The zero-order valence-electron chi connectivity index (χ0n) is 12.3. The second-order valence-electron chi connectivity index (χ2n) is 6.15. The van der Waals surface area contributed by atoms with Gasteiger partial charge in [0.2, 0.25) is 5.95 Å². The van der Waals surface area contributed by atoms with Crippen molar-refractivity contribution in [2.75, 3.05) is 30.3 Å². The van der Waals surface area contributed by atoms with E-state index < -0.39 is 0 Å². The number of H-pyrrole nitrogens is 1. The van der Waals surface area contributed by atoms with Gasteiger partial charge < -0.3 is 15.6 Å². The number of hydrogen-bond acceptors (Lipinski definition) is 6. The van der Waals surface area contributed by atoms with Gasteiger partial charge >= 0.3 is 0 Å². The molecule has 3 N–H and O–H groups in total. The molecule has 0 radical (unpaired) electrons. The van der Waals surface area contributed by atoms with Crippen LogP contribution in [-0.2, 0) is 0 Å². The molecule has 2 aliphatic heterocycles. The van der Waals surface area contributed by atoms with Crippen LogP contribution < -0.4 is 10.6 Å². The standard InChI is InChI=1S/C14H21N7/c1-9-6-20-5-3-2-4-10(20)7-21(9)13-11-12(17-8-16-11)18-14(15)19-13/h8-10H,2-7H2,1H3,(H3,15,16,17,18,19). The van der Waals surface area contributed by atoms with Crippen LogP contribution in [0, 0.1) is 0 Å². The number of nitrogens with zero attached hydrogens (tertiary/aromatic N) is 5. The fourth-order valence-electron chi connectivity index (χ4n) is 3.69. The van der Waals surface area contributed by atoms with Crippen molar-refractivity contribution in [3.8, 4) is 0 Å². The number of piperidine rings is 1. The van der Waals surface area contributed by atoms with E-state index in [1.807, 2.05) is 0 Å². The first-order valence-electron chi connectivity index (χ1n) is 7.69. The lowest BCUT2D eigenvalue weighted by atomic mass is 9.97. The lowest BCUT2D eigenvalue weighted by Gasteiger charge is -2.48. The Bertz CT molecular complexity index is 652. The van der Waals surface area contributed by atoms with E-state index in [1.54, 1.807) is 6.33 Å². The largest absolute Gasteiger partial charge is 0.368 e. The van der Waals surface area contributed by atoms with E-state index in [1.165, 1.54) is 25.8 Å². The first kappa shape index (κ1) is 12.8. The molecule has 0 aliphatic carbocycles. The molecule has 0 spiro atoms. The lowest BCUT2D eigenvalue weighted by Crippen LogP contribution is -2.59. The van der Waals surface area contributed by atoms with Crippen LogP contribution in [0.1, 0.15) is 26.2 Å². The molecule has 0 saturated carbocycles. The Kier molecular flexibility index (Phi) is 2.95. The van der Waals surface area contributed by atoms with Gasteiger partial charge in [-0.2, -0.15) is 9.97 Å². The summed E-state index contributed by atoms with van der Waals surface area (Å²) in [5.41, 5.74) is 7.39. The maximum Gasteiger partial charge on any atom is 0.224 e. The predicted octanol–water partition coefficient (Wildman–Crippen LogP) is 0.998. The molecule has 0 aromatic carbocycles. The minimum atomic E-state index is 0.294. The summed E-state index contributed by atoms with van der Waals surface area (Å²) < 4.78 is 0. The van der Waals surface area contributed by atoms with Gasteiger partial charge in [0.05, 0.1) is 6.33 Å². The molecule has 7 nitrogen and oxygen atoms in total. The number of rotatable bonds is 1. The van der Waals surface area contributed by atoms with Crippen molar-refractivity contribution in [1.29, 1.82) is 0 Å². The zero-order chi connectivity index (χ0) is 14.4. The summed E-state index contributed by atoms with van der Waals surface area (Å²) in [7, 11) is 0. The Morgan fingerprint density at radius 2 is 2.19 bits per heavy atom. The quantitative estimate of drug-likeness (QED) is 0.813. The summed E-state index contributed by atoms with van der Waals surface area (Å²) in [5, 5.41) is 0. The fourth-order valence-corrected chi connectivity index (χ4v) is 3.69. The fraction of sp³-hybridized carbons (Fsp3) is 0.643. The molecule has 21 heavy (non-hydrogen) atoms. The molecule has 2 atom stereocenters. The van der Waals surface area contributed by atoms with E-state index in [2.05, 4.69) is 36.7 Å². The maximum atomic E-state index is 5.85. The average Bonchev–Trinajstić information content (AvgIpc) is 2.94. The monoisotopic (exact) mass is 287 g/mol. The Balaban J connectivity index is 1.72. The average molecular weight is 287 g/mol. The molecule has 2 saturated heterocycles. The summed E-state index contributed by atoms with van der Waals surface area (Å²) in [6.45, 7) is 5.58. The zero-order valence-corrected chi connectivity index (χ0v) is 12.3. The molecular weight excluding hydrogens is 266 g/mol. The number of imidazole rings is 1.